The second-order valence-corrected chi connectivity index (χ2v) is 5.39. The normalized spacial score (nSPS) is 14.9. The molecule has 2 heterocycles. The molecule has 7 heteroatoms. The van der Waals surface area contributed by atoms with Crippen molar-refractivity contribution in [2.75, 3.05) is 44.7 Å². The molecule has 2 amide bonds. The Morgan fingerprint density at radius 2 is 2.04 bits per heavy atom. The average molecular weight is 315 g/mol. The zero-order valence-corrected chi connectivity index (χ0v) is 13.5. The first-order valence-electron chi connectivity index (χ1n) is 7.79. The van der Waals surface area contributed by atoms with Crippen LogP contribution in [0.2, 0.25) is 0 Å². The molecule has 1 aliphatic rings. The summed E-state index contributed by atoms with van der Waals surface area (Å²) < 4.78 is 5.30. The largest absolute Gasteiger partial charge is 0.497 e. The molecule has 1 saturated heterocycles. The van der Waals surface area contributed by atoms with E-state index >= 15 is 0 Å². The maximum atomic E-state index is 11.9. The number of nitrogens with one attached hydrogen (secondary N) is 1. The van der Waals surface area contributed by atoms with Crippen LogP contribution in [0.4, 0.5) is 10.6 Å². The van der Waals surface area contributed by atoms with Gasteiger partial charge in [-0.15, -0.1) is 0 Å². The van der Waals surface area contributed by atoms with E-state index in [0.29, 0.717) is 19.6 Å². The van der Waals surface area contributed by atoms with E-state index in [1.165, 1.54) is 0 Å². The summed E-state index contributed by atoms with van der Waals surface area (Å²) >= 11 is 0. The van der Waals surface area contributed by atoms with Gasteiger partial charge in [-0.25, -0.2) is 14.8 Å². The molecule has 0 atom stereocenters. The number of ether oxygens (including phenoxy) is 1. The lowest BCUT2D eigenvalue weighted by atomic mass is 10.2. The van der Waals surface area contributed by atoms with E-state index in [1.54, 1.807) is 13.4 Å². The van der Waals surface area contributed by atoms with Crippen molar-refractivity contribution in [3.63, 3.8) is 0 Å². The molecule has 0 bridgehead atoms. The predicted octanol–water partition coefficient (Wildman–Crippen LogP) is 1.49. The Balaban J connectivity index is 1.80. The number of piperazine rings is 1. The topological polar surface area (TPSA) is 70.6 Å². The highest BCUT2D eigenvalue weighted by molar-refractivity contribution is 5.90. The fourth-order valence-corrected chi connectivity index (χ4v) is 2.79. The Labute approximate surface area is 135 Å². The molecule has 1 aromatic carbocycles. The third kappa shape index (κ3) is 3.13. The first kappa shape index (κ1) is 15.3. The molecule has 1 aromatic heterocycles. The van der Waals surface area contributed by atoms with Crippen LogP contribution in [0.5, 0.6) is 5.75 Å². The van der Waals surface area contributed by atoms with Gasteiger partial charge in [0.25, 0.3) is 0 Å². The van der Waals surface area contributed by atoms with Gasteiger partial charge in [0.15, 0.2) is 0 Å². The number of methoxy groups -OCH3 is 1. The number of nitrogens with zero attached hydrogens (tertiary/aromatic N) is 4. The summed E-state index contributed by atoms with van der Waals surface area (Å²) in [6.07, 6.45) is 1.58. The quantitative estimate of drug-likeness (QED) is 0.929. The molecule has 23 heavy (non-hydrogen) atoms. The standard InChI is InChI=1S/C16H21N5O2/c1-3-17-16(22)21-8-6-20(7-9-21)15-13-10-12(23-2)4-5-14(13)18-11-19-15/h4-5,10-11H,3,6-9H2,1-2H3,(H,17,22). The highest BCUT2D eigenvalue weighted by atomic mass is 16.5. The van der Waals surface area contributed by atoms with E-state index in [2.05, 4.69) is 20.2 Å². The summed E-state index contributed by atoms with van der Waals surface area (Å²) in [6, 6.07) is 5.79. The van der Waals surface area contributed by atoms with Gasteiger partial charge in [-0.05, 0) is 25.1 Å². The molecule has 1 aliphatic heterocycles. The Morgan fingerprint density at radius 3 is 2.74 bits per heavy atom. The number of amides is 2. The van der Waals surface area contributed by atoms with Gasteiger partial charge in [0, 0.05) is 38.1 Å². The van der Waals surface area contributed by atoms with E-state index in [4.69, 9.17) is 4.74 Å². The van der Waals surface area contributed by atoms with Gasteiger partial charge in [-0.2, -0.15) is 0 Å². The maximum absolute atomic E-state index is 11.9. The van der Waals surface area contributed by atoms with Crippen LogP contribution in [0.25, 0.3) is 10.9 Å². The second-order valence-electron chi connectivity index (χ2n) is 5.39. The van der Waals surface area contributed by atoms with Gasteiger partial charge in [0.2, 0.25) is 0 Å². The molecular weight excluding hydrogens is 294 g/mol. The molecule has 0 unspecified atom stereocenters. The number of rotatable bonds is 3. The molecule has 7 nitrogen and oxygen atoms in total. The van der Waals surface area contributed by atoms with Crippen LogP contribution in [0.3, 0.4) is 0 Å². The number of anilines is 1. The Bertz CT molecular complexity index is 698. The smallest absolute Gasteiger partial charge is 0.317 e. The van der Waals surface area contributed by atoms with Gasteiger partial charge in [-0.3, -0.25) is 0 Å². The lowest BCUT2D eigenvalue weighted by molar-refractivity contribution is 0.195. The summed E-state index contributed by atoms with van der Waals surface area (Å²) in [4.78, 5) is 24.7. The van der Waals surface area contributed by atoms with Gasteiger partial charge >= 0.3 is 6.03 Å². The Morgan fingerprint density at radius 1 is 1.26 bits per heavy atom. The minimum Gasteiger partial charge on any atom is -0.497 e. The van der Waals surface area contributed by atoms with Crippen molar-refractivity contribution < 1.29 is 9.53 Å². The average Bonchev–Trinajstić information content (AvgIpc) is 2.61. The van der Waals surface area contributed by atoms with Gasteiger partial charge in [0.05, 0.1) is 12.6 Å². The fraction of sp³-hybridized carbons (Fsp3) is 0.438. The zero-order chi connectivity index (χ0) is 16.2. The number of urea groups is 1. The van der Waals surface area contributed by atoms with Gasteiger partial charge in [0.1, 0.15) is 17.9 Å². The van der Waals surface area contributed by atoms with Gasteiger partial charge in [-0.1, -0.05) is 0 Å². The maximum Gasteiger partial charge on any atom is 0.317 e. The molecule has 0 radical (unpaired) electrons. The van der Waals surface area contributed by atoms with Crippen LogP contribution in [0, 0.1) is 0 Å². The number of fused-ring (bicyclic) bond motifs is 1. The fourth-order valence-electron chi connectivity index (χ4n) is 2.79. The lowest BCUT2D eigenvalue weighted by Crippen LogP contribution is -2.52. The highest BCUT2D eigenvalue weighted by Gasteiger charge is 2.22. The molecule has 3 rings (SSSR count). The first-order valence-corrected chi connectivity index (χ1v) is 7.79. The van der Waals surface area contributed by atoms with Crippen molar-refractivity contribution in [1.29, 1.82) is 0 Å². The van der Waals surface area contributed by atoms with E-state index in [-0.39, 0.29) is 6.03 Å². The van der Waals surface area contributed by atoms with Crippen LogP contribution in [-0.4, -0.2) is 60.7 Å². The molecule has 1 N–H and O–H groups in total. The van der Waals surface area contributed by atoms with Crippen LogP contribution < -0.4 is 15.0 Å². The Kier molecular flexibility index (Phi) is 4.45. The van der Waals surface area contributed by atoms with E-state index in [0.717, 1.165) is 35.6 Å². The number of hydrogen-bond donors (Lipinski definition) is 1. The lowest BCUT2D eigenvalue weighted by Gasteiger charge is -2.35. The molecule has 0 spiro atoms. The van der Waals surface area contributed by atoms with Crippen molar-refractivity contribution in [2.45, 2.75) is 6.92 Å². The number of aromatic nitrogens is 2. The monoisotopic (exact) mass is 315 g/mol. The van der Waals surface area contributed by atoms with Gasteiger partial charge < -0.3 is 19.9 Å². The van der Waals surface area contributed by atoms with Crippen molar-refractivity contribution in [3.05, 3.63) is 24.5 Å². The minimum atomic E-state index is 0.00126. The number of carbonyl (C=O) groups excluding carboxylic acids is 1. The zero-order valence-electron chi connectivity index (χ0n) is 13.5. The van der Waals surface area contributed by atoms with Crippen LogP contribution in [-0.2, 0) is 0 Å². The van der Waals surface area contributed by atoms with Crippen molar-refractivity contribution in [1.82, 2.24) is 20.2 Å². The molecular formula is C16H21N5O2. The number of carbonyl (C=O) groups is 1. The summed E-state index contributed by atoms with van der Waals surface area (Å²) in [7, 11) is 1.65. The van der Waals surface area contributed by atoms with Crippen molar-refractivity contribution in [2.24, 2.45) is 0 Å². The van der Waals surface area contributed by atoms with Crippen LogP contribution in [0.1, 0.15) is 6.92 Å². The number of hydrogen-bond acceptors (Lipinski definition) is 5. The molecule has 0 aliphatic carbocycles. The highest BCUT2D eigenvalue weighted by Crippen LogP contribution is 2.27. The summed E-state index contributed by atoms with van der Waals surface area (Å²) in [5.74, 6) is 1.68. The summed E-state index contributed by atoms with van der Waals surface area (Å²) in [6.45, 7) is 5.44. The Hall–Kier alpha value is -2.57. The number of benzene rings is 1. The van der Waals surface area contributed by atoms with Crippen molar-refractivity contribution in [3.8, 4) is 5.75 Å². The minimum absolute atomic E-state index is 0.00126. The van der Waals surface area contributed by atoms with Crippen LogP contribution in [0.15, 0.2) is 24.5 Å². The molecule has 2 aromatic rings. The van der Waals surface area contributed by atoms with Crippen molar-refractivity contribution >= 4 is 22.8 Å². The molecule has 122 valence electrons. The third-order valence-electron chi connectivity index (χ3n) is 4.02. The second kappa shape index (κ2) is 6.68. The third-order valence-corrected chi connectivity index (χ3v) is 4.02. The molecule has 1 fully saturated rings. The van der Waals surface area contributed by atoms with E-state index < -0.39 is 0 Å². The summed E-state index contributed by atoms with van der Waals surface area (Å²) in [5.41, 5.74) is 0.891. The van der Waals surface area contributed by atoms with Crippen LogP contribution >= 0.6 is 0 Å². The van der Waals surface area contributed by atoms with E-state index in [1.807, 2.05) is 30.0 Å². The first-order chi connectivity index (χ1) is 11.2. The van der Waals surface area contributed by atoms with E-state index in [9.17, 15) is 4.79 Å². The summed E-state index contributed by atoms with van der Waals surface area (Å²) in [5, 5.41) is 3.81. The molecule has 0 saturated carbocycles. The SMILES string of the molecule is CCNC(=O)N1CCN(c2ncnc3ccc(OC)cc23)CC1. The predicted molar refractivity (Wildman–Crippen MR) is 88.9 cm³/mol.